The summed E-state index contributed by atoms with van der Waals surface area (Å²) in [5.41, 5.74) is 3.33. The number of methoxy groups -OCH3 is 1. The van der Waals surface area contributed by atoms with E-state index in [4.69, 9.17) is 4.74 Å². The lowest BCUT2D eigenvalue weighted by molar-refractivity contribution is 0.414. The molecule has 2 nitrogen and oxygen atoms in total. The van der Waals surface area contributed by atoms with E-state index in [-0.39, 0.29) is 11.9 Å². The molecule has 0 amide bonds. The molecule has 0 radical (unpaired) electrons. The second-order valence-corrected chi connectivity index (χ2v) is 4.81. The number of ether oxygens (including phenoxy) is 1. The number of hydrogen-bond donors (Lipinski definition) is 1. The monoisotopic (exact) mass is 257 g/mol. The molecule has 19 heavy (non-hydrogen) atoms. The lowest BCUT2D eigenvalue weighted by Crippen LogP contribution is -2.18. The van der Waals surface area contributed by atoms with E-state index in [0.717, 1.165) is 29.8 Å². The van der Waals surface area contributed by atoms with E-state index in [1.165, 1.54) is 11.6 Å². The second-order valence-electron chi connectivity index (χ2n) is 4.81. The number of hydrogen-bond acceptors (Lipinski definition) is 2. The van der Waals surface area contributed by atoms with Gasteiger partial charge in [0, 0.05) is 5.69 Å². The predicted octanol–water partition coefficient (Wildman–Crippen LogP) is 3.93. The summed E-state index contributed by atoms with van der Waals surface area (Å²) in [6.07, 6.45) is 1.87. The Morgan fingerprint density at radius 2 is 1.95 bits per heavy atom. The Bertz CT molecular complexity index is 580. The molecular weight excluding hydrogens is 241 g/mol. The Morgan fingerprint density at radius 1 is 1.16 bits per heavy atom. The molecule has 0 saturated carbocycles. The molecule has 3 rings (SSSR count). The second kappa shape index (κ2) is 4.92. The first-order valence-electron chi connectivity index (χ1n) is 6.45. The Labute approximate surface area is 112 Å². The minimum Gasteiger partial charge on any atom is -0.497 e. The van der Waals surface area contributed by atoms with Crippen LogP contribution in [0.15, 0.2) is 42.5 Å². The maximum atomic E-state index is 13.2. The maximum absolute atomic E-state index is 13.2. The first kappa shape index (κ1) is 12.0. The molecule has 0 saturated heterocycles. The zero-order valence-corrected chi connectivity index (χ0v) is 10.8. The van der Waals surface area contributed by atoms with Gasteiger partial charge >= 0.3 is 0 Å². The van der Waals surface area contributed by atoms with Crippen molar-refractivity contribution in [3.8, 4) is 5.75 Å². The average Bonchev–Trinajstić information content (AvgIpc) is 2.47. The van der Waals surface area contributed by atoms with Crippen LogP contribution in [0.1, 0.15) is 23.6 Å². The minimum absolute atomic E-state index is 0.163. The summed E-state index contributed by atoms with van der Waals surface area (Å²) in [6, 6.07) is 13.3. The van der Waals surface area contributed by atoms with E-state index < -0.39 is 0 Å². The number of rotatable bonds is 2. The van der Waals surface area contributed by atoms with Crippen LogP contribution in [0.5, 0.6) is 5.75 Å². The van der Waals surface area contributed by atoms with E-state index in [0.29, 0.717) is 0 Å². The van der Waals surface area contributed by atoms with Gasteiger partial charge in [-0.2, -0.15) is 0 Å². The molecular formula is C16H16FNO. The lowest BCUT2D eigenvalue weighted by atomic mass is 9.93. The van der Waals surface area contributed by atoms with Gasteiger partial charge in [-0.05, 0) is 54.3 Å². The Morgan fingerprint density at radius 3 is 2.68 bits per heavy atom. The van der Waals surface area contributed by atoms with Crippen LogP contribution in [-0.4, -0.2) is 7.11 Å². The average molecular weight is 257 g/mol. The molecule has 1 heterocycles. The van der Waals surface area contributed by atoms with Gasteiger partial charge < -0.3 is 10.1 Å². The number of nitrogens with one attached hydrogen (secondary N) is 1. The van der Waals surface area contributed by atoms with Gasteiger partial charge in [-0.3, -0.25) is 0 Å². The molecule has 1 N–H and O–H groups in total. The molecule has 0 aliphatic carbocycles. The summed E-state index contributed by atoms with van der Waals surface area (Å²) < 4.78 is 18.3. The van der Waals surface area contributed by atoms with Gasteiger partial charge in [0.2, 0.25) is 0 Å². The van der Waals surface area contributed by atoms with Crippen LogP contribution < -0.4 is 10.1 Å². The molecule has 0 spiro atoms. The van der Waals surface area contributed by atoms with Crippen molar-refractivity contribution in [2.75, 3.05) is 12.4 Å². The van der Waals surface area contributed by atoms with Crippen molar-refractivity contribution in [3.63, 3.8) is 0 Å². The van der Waals surface area contributed by atoms with E-state index >= 15 is 0 Å². The highest BCUT2D eigenvalue weighted by Crippen LogP contribution is 2.33. The van der Waals surface area contributed by atoms with Crippen LogP contribution >= 0.6 is 0 Å². The summed E-state index contributed by atoms with van der Waals surface area (Å²) >= 11 is 0. The summed E-state index contributed by atoms with van der Waals surface area (Å²) in [5.74, 6) is 0.700. The Balaban J connectivity index is 1.82. The van der Waals surface area contributed by atoms with Crippen molar-refractivity contribution in [2.45, 2.75) is 18.9 Å². The fourth-order valence-electron chi connectivity index (χ4n) is 2.56. The molecule has 98 valence electrons. The topological polar surface area (TPSA) is 21.3 Å². The SMILES string of the molecule is COc1ccc([C@@H]2CCc3cc(F)ccc3N2)cc1. The van der Waals surface area contributed by atoms with Crippen molar-refractivity contribution in [3.05, 3.63) is 59.4 Å². The van der Waals surface area contributed by atoms with E-state index in [9.17, 15) is 4.39 Å². The summed E-state index contributed by atoms with van der Waals surface area (Å²) in [4.78, 5) is 0. The van der Waals surface area contributed by atoms with Crippen molar-refractivity contribution in [2.24, 2.45) is 0 Å². The quantitative estimate of drug-likeness (QED) is 0.880. The molecule has 1 aliphatic rings. The normalized spacial score (nSPS) is 17.5. The first-order chi connectivity index (χ1) is 9.26. The number of halogens is 1. The summed E-state index contributed by atoms with van der Waals surface area (Å²) in [6.45, 7) is 0. The predicted molar refractivity (Wildman–Crippen MR) is 74.1 cm³/mol. The molecule has 0 bridgehead atoms. The molecule has 0 fully saturated rings. The van der Waals surface area contributed by atoms with Crippen LogP contribution in [0.2, 0.25) is 0 Å². The fraction of sp³-hybridized carbons (Fsp3) is 0.250. The Hall–Kier alpha value is -2.03. The van der Waals surface area contributed by atoms with Gasteiger partial charge in [-0.25, -0.2) is 4.39 Å². The van der Waals surface area contributed by atoms with Crippen LogP contribution in [0.4, 0.5) is 10.1 Å². The van der Waals surface area contributed by atoms with Gasteiger partial charge in [0.1, 0.15) is 11.6 Å². The number of anilines is 1. The number of aryl methyl sites for hydroxylation is 1. The van der Waals surface area contributed by atoms with Gasteiger partial charge in [0.25, 0.3) is 0 Å². The minimum atomic E-state index is -0.163. The Kier molecular flexibility index (Phi) is 3.11. The van der Waals surface area contributed by atoms with Crippen molar-refractivity contribution < 1.29 is 9.13 Å². The van der Waals surface area contributed by atoms with E-state index in [2.05, 4.69) is 17.4 Å². The number of fused-ring (bicyclic) bond motifs is 1. The molecule has 0 unspecified atom stereocenters. The molecule has 1 aliphatic heterocycles. The lowest BCUT2D eigenvalue weighted by Gasteiger charge is -2.27. The van der Waals surface area contributed by atoms with Crippen LogP contribution in [-0.2, 0) is 6.42 Å². The van der Waals surface area contributed by atoms with Crippen LogP contribution in [0.25, 0.3) is 0 Å². The van der Waals surface area contributed by atoms with Crippen molar-refractivity contribution in [1.29, 1.82) is 0 Å². The van der Waals surface area contributed by atoms with Crippen molar-refractivity contribution in [1.82, 2.24) is 0 Å². The summed E-state index contributed by atoms with van der Waals surface area (Å²) in [5, 5.41) is 3.47. The third kappa shape index (κ3) is 2.41. The summed E-state index contributed by atoms with van der Waals surface area (Å²) in [7, 11) is 1.67. The number of benzene rings is 2. The molecule has 2 aromatic rings. The van der Waals surface area contributed by atoms with Crippen LogP contribution in [0, 0.1) is 5.82 Å². The highest BCUT2D eigenvalue weighted by Gasteiger charge is 2.19. The third-order valence-electron chi connectivity index (χ3n) is 3.62. The molecule has 2 aromatic carbocycles. The highest BCUT2D eigenvalue weighted by molar-refractivity contribution is 5.55. The highest BCUT2D eigenvalue weighted by atomic mass is 19.1. The maximum Gasteiger partial charge on any atom is 0.123 e. The van der Waals surface area contributed by atoms with E-state index in [1.54, 1.807) is 13.2 Å². The van der Waals surface area contributed by atoms with Gasteiger partial charge in [0.05, 0.1) is 13.2 Å². The van der Waals surface area contributed by atoms with Gasteiger partial charge in [0.15, 0.2) is 0 Å². The van der Waals surface area contributed by atoms with Gasteiger partial charge in [-0.15, -0.1) is 0 Å². The van der Waals surface area contributed by atoms with E-state index in [1.807, 2.05) is 18.2 Å². The van der Waals surface area contributed by atoms with Crippen LogP contribution in [0.3, 0.4) is 0 Å². The molecule has 0 aromatic heterocycles. The van der Waals surface area contributed by atoms with Crippen molar-refractivity contribution >= 4 is 5.69 Å². The first-order valence-corrected chi connectivity index (χ1v) is 6.45. The largest absolute Gasteiger partial charge is 0.497 e. The van der Waals surface area contributed by atoms with Gasteiger partial charge in [-0.1, -0.05) is 12.1 Å². The molecule has 3 heteroatoms. The fourth-order valence-corrected chi connectivity index (χ4v) is 2.56. The zero-order valence-electron chi connectivity index (χ0n) is 10.8. The standard InChI is InChI=1S/C16H16FNO/c1-19-14-6-2-11(3-7-14)15-8-4-12-10-13(17)5-9-16(12)18-15/h2-3,5-7,9-10,15,18H,4,8H2,1H3/t15-/m0/s1. The third-order valence-corrected chi connectivity index (χ3v) is 3.62. The zero-order chi connectivity index (χ0) is 13.2. The smallest absolute Gasteiger partial charge is 0.123 e. The molecule has 1 atom stereocenters.